The molecule has 3 amide bonds. The van der Waals surface area contributed by atoms with E-state index in [0.29, 0.717) is 29.4 Å². The zero-order valence-corrected chi connectivity index (χ0v) is 18.5. The lowest BCUT2D eigenvalue weighted by Gasteiger charge is -2.18. The number of amides is 3. The molecule has 9 nitrogen and oxygen atoms in total. The molecule has 0 bridgehead atoms. The van der Waals surface area contributed by atoms with E-state index in [1.807, 2.05) is 36.6 Å². The third kappa shape index (κ3) is 3.36. The quantitative estimate of drug-likeness (QED) is 0.458. The Bertz CT molecular complexity index is 1280. The molecular weight excluding hydrogens is 426 g/mol. The fourth-order valence-electron chi connectivity index (χ4n) is 4.35. The highest BCUT2D eigenvalue weighted by Crippen LogP contribution is 2.33. The first-order valence-corrected chi connectivity index (χ1v) is 10.5. The molecule has 9 heteroatoms. The number of hydrogen-bond acceptors (Lipinski definition) is 6. The number of benzene rings is 1. The van der Waals surface area contributed by atoms with Crippen molar-refractivity contribution in [2.24, 2.45) is 0 Å². The third-order valence-electron chi connectivity index (χ3n) is 6.24. The number of nitrogens with zero attached hydrogens (tertiary/aromatic N) is 2. The van der Waals surface area contributed by atoms with Crippen LogP contribution in [0, 0.1) is 13.8 Å². The number of ether oxygens (including phenoxy) is 2. The van der Waals surface area contributed by atoms with E-state index < -0.39 is 17.5 Å². The smallest absolute Gasteiger partial charge is 0.325 e. The van der Waals surface area contributed by atoms with Gasteiger partial charge in [-0.05, 0) is 56.7 Å². The van der Waals surface area contributed by atoms with E-state index in [9.17, 15) is 14.4 Å². The molecule has 3 aromatic rings. The van der Waals surface area contributed by atoms with Crippen LogP contribution in [0.5, 0.6) is 11.5 Å². The molecule has 0 radical (unpaired) electrons. The Morgan fingerprint density at radius 3 is 2.67 bits per heavy atom. The molecule has 4 heterocycles. The SMILES string of the molecule is Cc1cc(C(=O)CN2C(=O)NC(C)(c3ccco3)C2=O)c(C)n1Cc1ccc2c(c1)OCO2. The summed E-state index contributed by atoms with van der Waals surface area (Å²) in [7, 11) is 0. The number of ketones is 1. The average Bonchev–Trinajstić information content (AvgIpc) is 3.56. The Hall–Kier alpha value is -4.01. The van der Waals surface area contributed by atoms with Gasteiger partial charge in [0.25, 0.3) is 5.91 Å². The van der Waals surface area contributed by atoms with Gasteiger partial charge in [-0.2, -0.15) is 0 Å². The van der Waals surface area contributed by atoms with Crippen molar-refractivity contribution >= 4 is 17.7 Å². The fraction of sp³-hybridized carbons (Fsp3) is 0.292. The molecule has 1 atom stereocenters. The molecule has 1 N–H and O–H groups in total. The van der Waals surface area contributed by atoms with E-state index in [-0.39, 0.29) is 19.1 Å². The number of furan rings is 1. The maximum Gasteiger partial charge on any atom is 0.325 e. The van der Waals surface area contributed by atoms with E-state index in [4.69, 9.17) is 13.9 Å². The molecule has 1 saturated heterocycles. The van der Waals surface area contributed by atoms with Crippen molar-refractivity contribution in [2.75, 3.05) is 13.3 Å². The average molecular weight is 449 g/mol. The maximum atomic E-state index is 13.1. The standard InChI is InChI=1S/C24H23N3O6/c1-14-9-17(15(2)26(14)11-16-6-7-19-20(10-16)33-13-32-19)18(28)12-27-22(29)24(3,25-23(27)30)21-5-4-8-31-21/h4-10H,11-13H2,1-3H3,(H,25,30). The van der Waals surface area contributed by atoms with Crippen molar-refractivity contribution in [3.05, 3.63) is 70.9 Å². The largest absolute Gasteiger partial charge is 0.466 e. The van der Waals surface area contributed by atoms with Crippen LogP contribution in [0.1, 0.15) is 40.0 Å². The first kappa shape index (κ1) is 20.9. The molecule has 2 aliphatic heterocycles. The molecular formula is C24H23N3O6. The molecule has 2 aromatic heterocycles. The predicted octanol–water partition coefficient (Wildman–Crippen LogP) is 3.12. The number of aromatic nitrogens is 1. The fourth-order valence-corrected chi connectivity index (χ4v) is 4.35. The number of fused-ring (bicyclic) bond motifs is 1. The van der Waals surface area contributed by atoms with E-state index in [2.05, 4.69) is 5.32 Å². The Labute approximate surface area is 189 Å². The lowest BCUT2D eigenvalue weighted by atomic mass is 9.99. The minimum absolute atomic E-state index is 0.209. The second-order valence-electron chi connectivity index (χ2n) is 8.41. The van der Waals surface area contributed by atoms with Gasteiger partial charge in [-0.15, -0.1) is 0 Å². The minimum Gasteiger partial charge on any atom is -0.466 e. The van der Waals surface area contributed by atoms with E-state index in [0.717, 1.165) is 21.9 Å². The van der Waals surface area contributed by atoms with E-state index in [1.165, 1.54) is 6.26 Å². The molecule has 2 aliphatic rings. The number of hydrogen-bond donors (Lipinski definition) is 1. The molecule has 0 spiro atoms. The zero-order chi connectivity index (χ0) is 23.3. The predicted molar refractivity (Wildman–Crippen MR) is 116 cm³/mol. The highest BCUT2D eigenvalue weighted by molar-refractivity contribution is 6.11. The van der Waals surface area contributed by atoms with Crippen LogP contribution in [-0.4, -0.2) is 40.5 Å². The summed E-state index contributed by atoms with van der Waals surface area (Å²) in [6.45, 7) is 5.73. The van der Waals surface area contributed by atoms with Gasteiger partial charge in [0.1, 0.15) is 5.76 Å². The van der Waals surface area contributed by atoms with Crippen LogP contribution in [0.4, 0.5) is 4.79 Å². The number of nitrogens with one attached hydrogen (secondary N) is 1. The molecule has 0 saturated carbocycles. The second kappa shape index (κ2) is 7.54. The Morgan fingerprint density at radius 1 is 1.12 bits per heavy atom. The monoisotopic (exact) mass is 449 g/mol. The van der Waals surface area contributed by atoms with Crippen molar-refractivity contribution < 1.29 is 28.3 Å². The summed E-state index contributed by atoms with van der Waals surface area (Å²) < 4.78 is 18.2. The van der Waals surface area contributed by atoms with Crippen molar-refractivity contribution in [1.29, 1.82) is 0 Å². The Morgan fingerprint density at radius 2 is 1.91 bits per heavy atom. The van der Waals surface area contributed by atoms with Gasteiger partial charge in [0.05, 0.1) is 12.8 Å². The molecule has 0 aliphatic carbocycles. The van der Waals surface area contributed by atoms with Gasteiger partial charge in [0.15, 0.2) is 22.8 Å². The summed E-state index contributed by atoms with van der Waals surface area (Å²) in [5.41, 5.74) is 1.79. The second-order valence-corrected chi connectivity index (χ2v) is 8.41. The van der Waals surface area contributed by atoms with Gasteiger partial charge >= 0.3 is 6.03 Å². The molecule has 1 aromatic carbocycles. The Kier molecular flexibility index (Phi) is 4.77. The number of urea groups is 1. The van der Waals surface area contributed by atoms with Crippen LogP contribution < -0.4 is 14.8 Å². The van der Waals surface area contributed by atoms with Gasteiger partial charge in [-0.3, -0.25) is 14.5 Å². The normalized spacial score (nSPS) is 19.3. The summed E-state index contributed by atoms with van der Waals surface area (Å²) in [6, 6.07) is 10.2. The van der Waals surface area contributed by atoms with Gasteiger partial charge < -0.3 is 23.8 Å². The van der Waals surface area contributed by atoms with Crippen molar-refractivity contribution in [1.82, 2.24) is 14.8 Å². The number of aryl methyl sites for hydroxylation is 1. The molecule has 1 unspecified atom stereocenters. The topological polar surface area (TPSA) is 103 Å². The van der Waals surface area contributed by atoms with E-state index >= 15 is 0 Å². The van der Waals surface area contributed by atoms with Crippen LogP contribution >= 0.6 is 0 Å². The Balaban J connectivity index is 1.35. The van der Waals surface area contributed by atoms with Crippen LogP contribution in [0.15, 0.2) is 47.1 Å². The summed E-state index contributed by atoms with van der Waals surface area (Å²) in [4.78, 5) is 39.6. The summed E-state index contributed by atoms with van der Waals surface area (Å²) in [5.74, 6) is 0.894. The van der Waals surface area contributed by atoms with Crippen molar-refractivity contribution in [3.63, 3.8) is 0 Å². The number of carbonyl (C=O) groups is 3. The van der Waals surface area contributed by atoms with E-state index in [1.54, 1.807) is 25.1 Å². The minimum atomic E-state index is -1.34. The van der Waals surface area contributed by atoms with Crippen molar-refractivity contribution in [2.45, 2.75) is 32.9 Å². The van der Waals surface area contributed by atoms with Crippen LogP contribution in [0.3, 0.4) is 0 Å². The number of Topliss-reactive ketones (excluding diaryl/α,β-unsaturated/α-hetero) is 1. The molecule has 170 valence electrons. The number of rotatable bonds is 6. The lowest BCUT2D eigenvalue weighted by Crippen LogP contribution is -2.41. The van der Waals surface area contributed by atoms with Crippen LogP contribution in [0.2, 0.25) is 0 Å². The van der Waals surface area contributed by atoms with Gasteiger partial charge in [-0.1, -0.05) is 6.07 Å². The van der Waals surface area contributed by atoms with Gasteiger partial charge in [0.2, 0.25) is 6.79 Å². The molecule has 1 fully saturated rings. The number of carbonyl (C=O) groups excluding carboxylic acids is 3. The molecule has 5 rings (SSSR count). The summed E-state index contributed by atoms with van der Waals surface area (Å²) in [5, 5.41) is 2.64. The maximum absolute atomic E-state index is 13.1. The van der Waals surface area contributed by atoms with Gasteiger partial charge in [-0.25, -0.2) is 4.79 Å². The highest BCUT2D eigenvalue weighted by atomic mass is 16.7. The lowest BCUT2D eigenvalue weighted by molar-refractivity contribution is -0.131. The first-order valence-electron chi connectivity index (χ1n) is 10.5. The molecule has 33 heavy (non-hydrogen) atoms. The van der Waals surface area contributed by atoms with Crippen LogP contribution in [-0.2, 0) is 16.9 Å². The summed E-state index contributed by atoms with van der Waals surface area (Å²) in [6.07, 6.45) is 1.43. The third-order valence-corrected chi connectivity index (χ3v) is 6.24. The number of imide groups is 1. The van der Waals surface area contributed by atoms with Crippen molar-refractivity contribution in [3.8, 4) is 11.5 Å². The first-order chi connectivity index (χ1) is 15.8. The van der Waals surface area contributed by atoms with Gasteiger partial charge in [0, 0.05) is 23.5 Å². The highest BCUT2D eigenvalue weighted by Gasteiger charge is 2.51. The summed E-state index contributed by atoms with van der Waals surface area (Å²) >= 11 is 0. The van der Waals surface area contributed by atoms with Crippen LogP contribution in [0.25, 0.3) is 0 Å². The zero-order valence-electron chi connectivity index (χ0n) is 18.5.